The number of nitrogens with two attached hydrogens (primary N) is 1. The van der Waals surface area contributed by atoms with E-state index in [1.54, 1.807) is 13.0 Å². The van der Waals surface area contributed by atoms with Crippen LogP contribution in [-0.4, -0.2) is 5.54 Å². The highest BCUT2D eigenvalue weighted by molar-refractivity contribution is 5.68. The van der Waals surface area contributed by atoms with Crippen LogP contribution in [0, 0.1) is 12.7 Å². The van der Waals surface area contributed by atoms with Gasteiger partial charge in [0.2, 0.25) is 0 Å². The number of aryl methyl sites for hydroxylation is 1. The summed E-state index contributed by atoms with van der Waals surface area (Å²) < 4.78 is 13.3. The minimum atomic E-state index is -0.236. The Balaban J connectivity index is 2.24. The molecule has 16 heavy (non-hydrogen) atoms. The lowest BCUT2D eigenvalue weighted by atomic mass is 9.99. The smallest absolute Gasteiger partial charge is 0.128 e. The van der Waals surface area contributed by atoms with Gasteiger partial charge in [-0.15, -0.1) is 0 Å². The first-order chi connectivity index (χ1) is 7.50. The highest BCUT2D eigenvalue weighted by Crippen LogP contribution is 2.34. The Kier molecular flexibility index (Phi) is 2.78. The molecule has 1 saturated carbocycles. The van der Waals surface area contributed by atoms with Crippen LogP contribution in [0.4, 0.5) is 15.8 Å². The molecule has 3 heteroatoms. The van der Waals surface area contributed by atoms with Crippen molar-refractivity contribution in [2.24, 2.45) is 0 Å². The molecule has 1 aromatic carbocycles. The number of rotatable bonds is 2. The van der Waals surface area contributed by atoms with Gasteiger partial charge in [0.1, 0.15) is 5.82 Å². The summed E-state index contributed by atoms with van der Waals surface area (Å²) in [6, 6.07) is 3.20. The molecule has 88 valence electrons. The maximum atomic E-state index is 13.3. The minimum Gasteiger partial charge on any atom is -0.397 e. The summed E-state index contributed by atoms with van der Waals surface area (Å²) in [5.41, 5.74) is 7.95. The van der Waals surface area contributed by atoms with Gasteiger partial charge >= 0.3 is 0 Å². The van der Waals surface area contributed by atoms with Crippen LogP contribution in [0.2, 0.25) is 0 Å². The molecule has 1 fully saturated rings. The average molecular weight is 222 g/mol. The zero-order valence-electron chi connectivity index (χ0n) is 9.94. The maximum Gasteiger partial charge on any atom is 0.128 e. The van der Waals surface area contributed by atoms with E-state index in [2.05, 4.69) is 12.2 Å². The lowest BCUT2D eigenvalue weighted by Crippen LogP contribution is -2.31. The molecule has 2 rings (SSSR count). The Labute approximate surface area is 96.0 Å². The average Bonchev–Trinajstić information content (AvgIpc) is 2.62. The molecule has 0 aromatic heterocycles. The largest absolute Gasteiger partial charge is 0.397 e. The second-order valence-electron chi connectivity index (χ2n) is 5.08. The number of hydrogen-bond donors (Lipinski definition) is 2. The minimum absolute atomic E-state index is 0.123. The second-order valence-corrected chi connectivity index (χ2v) is 5.08. The predicted octanol–water partition coefficient (Wildman–Crippen LogP) is 3.46. The molecule has 0 aliphatic heterocycles. The number of nitrogen functional groups attached to an aromatic ring is 1. The van der Waals surface area contributed by atoms with Crippen LogP contribution in [-0.2, 0) is 0 Å². The third-order valence-corrected chi connectivity index (χ3v) is 3.47. The molecule has 1 aliphatic rings. The van der Waals surface area contributed by atoms with Crippen LogP contribution >= 0.6 is 0 Å². The van der Waals surface area contributed by atoms with E-state index >= 15 is 0 Å². The van der Waals surface area contributed by atoms with Crippen molar-refractivity contribution in [1.82, 2.24) is 0 Å². The fraction of sp³-hybridized carbons (Fsp3) is 0.538. The van der Waals surface area contributed by atoms with Gasteiger partial charge in [-0.1, -0.05) is 12.8 Å². The van der Waals surface area contributed by atoms with Crippen LogP contribution in [0.25, 0.3) is 0 Å². The van der Waals surface area contributed by atoms with E-state index in [4.69, 9.17) is 5.73 Å². The quantitative estimate of drug-likeness (QED) is 0.752. The van der Waals surface area contributed by atoms with Gasteiger partial charge in [-0.2, -0.15) is 0 Å². The lowest BCUT2D eigenvalue weighted by Gasteiger charge is -2.27. The highest BCUT2D eigenvalue weighted by atomic mass is 19.1. The number of nitrogens with one attached hydrogen (secondary N) is 1. The van der Waals surface area contributed by atoms with Crippen molar-refractivity contribution in [3.8, 4) is 0 Å². The molecule has 0 bridgehead atoms. The summed E-state index contributed by atoms with van der Waals surface area (Å²) in [4.78, 5) is 0. The van der Waals surface area contributed by atoms with Crippen LogP contribution in [0.5, 0.6) is 0 Å². The third-order valence-electron chi connectivity index (χ3n) is 3.47. The van der Waals surface area contributed by atoms with E-state index < -0.39 is 0 Å². The van der Waals surface area contributed by atoms with E-state index in [1.165, 1.54) is 18.9 Å². The number of anilines is 2. The van der Waals surface area contributed by atoms with Gasteiger partial charge < -0.3 is 11.1 Å². The van der Waals surface area contributed by atoms with Crippen LogP contribution in [0.1, 0.15) is 38.2 Å². The molecule has 0 spiro atoms. The van der Waals surface area contributed by atoms with E-state index in [0.717, 1.165) is 18.5 Å². The molecule has 0 heterocycles. The van der Waals surface area contributed by atoms with Crippen molar-refractivity contribution in [2.45, 2.75) is 45.1 Å². The summed E-state index contributed by atoms with van der Waals surface area (Å²) in [7, 11) is 0. The molecule has 0 atom stereocenters. The summed E-state index contributed by atoms with van der Waals surface area (Å²) >= 11 is 0. The van der Waals surface area contributed by atoms with Crippen LogP contribution in [0.3, 0.4) is 0 Å². The van der Waals surface area contributed by atoms with Crippen molar-refractivity contribution in [1.29, 1.82) is 0 Å². The summed E-state index contributed by atoms with van der Waals surface area (Å²) in [6.45, 7) is 3.97. The molecule has 1 aromatic rings. The van der Waals surface area contributed by atoms with Crippen molar-refractivity contribution < 1.29 is 4.39 Å². The SMILES string of the molecule is Cc1cc(NC2(C)CCCC2)c(N)cc1F. The van der Waals surface area contributed by atoms with Gasteiger partial charge in [0.25, 0.3) is 0 Å². The standard InChI is InChI=1S/C13H19FN2/c1-9-7-12(11(15)8-10(9)14)16-13(2)5-3-4-6-13/h7-8,16H,3-6,15H2,1-2H3. The van der Waals surface area contributed by atoms with Crippen molar-refractivity contribution in [3.63, 3.8) is 0 Å². The first-order valence-electron chi connectivity index (χ1n) is 5.84. The number of hydrogen-bond acceptors (Lipinski definition) is 2. The monoisotopic (exact) mass is 222 g/mol. The Bertz CT molecular complexity index is 395. The van der Waals surface area contributed by atoms with E-state index in [1.807, 2.05) is 0 Å². The first-order valence-corrected chi connectivity index (χ1v) is 5.84. The van der Waals surface area contributed by atoms with Gasteiger partial charge in [0.05, 0.1) is 11.4 Å². The van der Waals surface area contributed by atoms with E-state index in [0.29, 0.717) is 11.3 Å². The number of benzene rings is 1. The van der Waals surface area contributed by atoms with Gasteiger partial charge in [0.15, 0.2) is 0 Å². The zero-order chi connectivity index (χ0) is 11.8. The first kappa shape index (κ1) is 11.2. The Morgan fingerprint density at radius 2 is 1.94 bits per heavy atom. The van der Waals surface area contributed by atoms with E-state index in [9.17, 15) is 4.39 Å². The molecule has 0 amide bonds. The van der Waals surface area contributed by atoms with Crippen molar-refractivity contribution in [3.05, 3.63) is 23.5 Å². The topological polar surface area (TPSA) is 38.0 Å². The van der Waals surface area contributed by atoms with Crippen LogP contribution < -0.4 is 11.1 Å². The summed E-state index contributed by atoms with van der Waals surface area (Å²) in [5.74, 6) is -0.236. The second kappa shape index (κ2) is 3.96. The van der Waals surface area contributed by atoms with Gasteiger partial charge in [-0.05, 0) is 44.4 Å². The molecule has 2 nitrogen and oxygen atoms in total. The lowest BCUT2D eigenvalue weighted by molar-refractivity contribution is 0.533. The fourth-order valence-electron chi connectivity index (χ4n) is 2.41. The van der Waals surface area contributed by atoms with E-state index in [-0.39, 0.29) is 11.4 Å². The Morgan fingerprint density at radius 3 is 2.56 bits per heavy atom. The predicted molar refractivity (Wildman–Crippen MR) is 66.0 cm³/mol. The molecular weight excluding hydrogens is 203 g/mol. The molecule has 0 radical (unpaired) electrons. The number of halogens is 1. The van der Waals surface area contributed by atoms with Gasteiger partial charge in [-0.3, -0.25) is 0 Å². The molecule has 0 unspecified atom stereocenters. The fourth-order valence-corrected chi connectivity index (χ4v) is 2.41. The van der Waals surface area contributed by atoms with Crippen LogP contribution in [0.15, 0.2) is 12.1 Å². The van der Waals surface area contributed by atoms with Crippen molar-refractivity contribution in [2.75, 3.05) is 11.1 Å². The Hall–Kier alpha value is -1.25. The molecule has 3 N–H and O–H groups in total. The Morgan fingerprint density at radius 1 is 1.31 bits per heavy atom. The molecule has 0 saturated heterocycles. The molecule has 1 aliphatic carbocycles. The van der Waals surface area contributed by atoms with Gasteiger partial charge in [-0.25, -0.2) is 4.39 Å². The summed E-state index contributed by atoms with van der Waals surface area (Å²) in [5, 5.41) is 3.46. The maximum absolute atomic E-state index is 13.3. The van der Waals surface area contributed by atoms with Gasteiger partial charge in [0, 0.05) is 5.54 Å². The normalized spacial score (nSPS) is 18.7. The highest BCUT2D eigenvalue weighted by Gasteiger charge is 2.28. The third kappa shape index (κ3) is 2.13. The zero-order valence-corrected chi connectivity index (χ0v) is 9.94. The summed E-state index contributed by atoms with van der Waals surface area (Å²) in [6.07, 6.45) is 4.82. The molecular formula is C13H19FN2. The van der Waals surface area contributed by atoms with Crippen molar-refractivity contribution >= 4 is 11.4 Å².